The van der Waals surface area contributed by atoms with Crippen molar-refractivity contribution in [3.8, 4) is 0 Å². The summed E-state index contributed by atoms with van der Waals surface area (Å²) in [6.07, 6.45) is 5.56. The van der Waals surface area contributed by atoms with Crippen LogP contribution in [0.3, 0.4) is 0 Å². The molecular formula is C7H12N. The molecule has 45 valence electrons. The number of nitrogens with zero attached hydrogens (tertiary/aromatic N) is 1. The van der Waals surface area contributed by atoms with Crippen molar-refractivity contribution in [2.75, 3.05) is 13.1 Å². The van der Waals surface area contributed by atoms with Crippen LogP contribution in [-0.2, 0) is 0 Å². The largest absolute Gasteiger partial charge is 0.292 e. The average molecular weight is 110 g/mol. The van der Waals surface area contributed by atoms with Crippen LogP contribution in [0.5, 0.6) is 0 Å². The van der Waals surface area contributed by atoms with Gasteiger partial charge in [0.2, 0.25) is 0 Å². The van der Waals surface area contributed by atoms with Crippen molar-refractivity contribution in [2.45, 2.75) is 13.3 Å². The topological polar surface area (TPSA) is 3.24 Å². The van der Waals surface area contributed by atoms with Crippen molar-refractivity contribution < 1.29 is 0 Å². The fourth-order valence-electron chi connectivity index (χ4n) is 0.902. The first-order chi connectivity index (χ1) is 3.93. The van der Waals surface area contributed by atoms with Gasteiger partial charge in [-0.2, -0.15) is 0 Å². The lowest BCUT2D eigenvalue weighted by molar-refractivity contribution is 0.420. The van der Waals surface area contributed by atoms with E-state index < -0.39 is 0 Å². The predicted octanol–water partition coefficient (Wildman–Crippen LogP) is 1.43. The summed E-state index contributed by atoms with van der Waals surface area (Å²) in [5, 5.41) is 0. The lowest BCUT2D eigenvalue weighted by Gasteiger charge is -2.10. The SMILES string of the molecule is CC[CH]N1CC=CC1. The minimum Gasteiger partial charge on any atom is -0.292 e. The molecule has 0 saturated heterocycles. The van der Waals surface area contributed by atoms with Gasteiger partial charge in [0.25, 0.3) is 0 Å². The van der Waals surface area contributed by atoms with Crippen molar-refractivity contribution in [3.63, 3.8) is 0 Å². The predicted molar refractivity (Wildman–Crippen MR) is 35.3 cm³/mol. The third kappa shape index (κ3) is 1.34. The van der Waals surface area contributed by atoms with Crippen LogP contribution >= 0.6 is 0 Å². The zero-order chi connectivity index (χ0) is 5.82. The molecule has 0 spiro atoms. The summed E-state index contributed by atoms with van der Waals surface area (Å²) >= 11 is 0. The first-order valence-electron chi connectivity index (χ1n) is 3.16. The maximum atomic E-state index is 2.31. The Kier molecular flexibility index (Phi) is 2.10. The Hall–Kier alpha value is -0.300. The van der Waals surface area contributed by atoms with E-state index in [9.17, 15) is 0 Å². The summed E-state index contributed by atoms with van der Waals surface area (Å²) in [7, 11) is 0. The van der Waals surface area contributed by atoms with E-state index in [1.165, 1.54) is 0 Å². The Morgan fingerprint density at radius 3 is 2.62 bits per heavy atom. The smallest absolute Gasteiger partial charge is 0.0255 e. The second-order valence-corrected chi connectivity index (χ2v) is 2.02. The van der Waals surface area contributed by atoms with E-state index in [-0.39, 0.29) is 0 Å². The highest BCUT2D eigenvalue weighted by Gasteiger charge is 2.02. The molecule has 0 aromatic heterocycles. The Morgan fingerprint density at radius 1 is 1.50 bits per heavy atom. The molecule has 0 bridgehead atoms. The maximum Gasteiger partial charge on any atom is 0.0255 e. The second kappa shape index (κ2) is 2.88. The van der Waals surface area contributed by atoms with Gasteiger partial charge in [0, 0.05) is 19.6 Å². The molecule has 1 heterocycles. The van der Waals surface area contributed by atoms with Crippen LogP contribution in [0.1, 0.15) is 13.3 Å². The van der Waals surface area contributed by atoms with Crippen LogP contribution in [0.15, 0.2) is 12.2 Å². The summed E-state index contributed by atoms with van der Waals surface area (Å²) in [5.74, 6) is 0. The maximum absolute atomic E-state index is 2.31. The molecule has 0 saturated carbocycles. The number of rotatable bonds is 2. The highest BCUT2D eigenvalue weighted by atomic mass is 15.1. The monoisotopic (exact) mass is 110 g/mol. The summed E-state index contributed by atoms with van der Waals surface area (Å²) in [6, 6.07) is 0. The molecule has 1 radical (unpaired) electrons. The minimum atomic E-state index is 1.12. The zero-order valence-corrected chi connectivity index (χ0v) is 5.30. The van der Waals surface area contributed by atoms with E-state index >= 15 is 0 Å². The molecule has 0 unspecified atom stereocenters. The van der Waals surface area contributed by atoms with E-state index in [1.807, 2.05) is 0 Å². The van der Waals surface area contributed by atoms with E-state index in [0.717, 1.165) is 19.5 Å². The highest BCUT2D eigenvalue weighted by molar-refractivity contribution is 4.97. The van der Waals surface area contributed by atoms with Crippen LogP contribution < -0.4 is 0 Å². The van der Waals surface area contributed by atoms with Crippen molar-refractivity contribution in [3.05, 3.63) is 18.7 Å². The summed E-state index contributed by atoms with van der Waals surface area (Å²) in [6.45, 7) is 6.64. The van der Waals surface area contributed by atoms with Crippen LogP contribution in [0.4, 0.5) is 0 Å². The summed E-state index contributed by atoms with van der Waals surface area (Å²) < 4.78 is 0. The molecule has 1 heteroatoms. The average Bonchev–Trinajstić information content (AvgIpc) is 2.19. The third-order valence-corrected chi connectivity index (χ3v) is 1.29. The molecule has 1 aliphatic rings. The number of hydrogen-bond donors (Lipinski definition) is 0. The summed E-state index contributed by atoms with van der Waals surface area (Å²) in [4.78, 5) is 2.31. The van der Waals surface area contributed by atoms with Gasteiger partial charge in [0.1, 0.15) is 0 Å². The van der Waals surface area contributed by atoms with Crippen LogP contribution in [0.25, 0.3) is 0 Å². The lowest BCUT2D eigenvalue weighted by Crippen LogP contribution is -2.15. The van der Waals surface area contributed by atoms with Crippen molar-refractivity contribution in [1.29, 1.82) is 0 Å². The van der Waals surface area contributed by atoms with Gasteiger partial charge in [-0.25, -0.2) is 0 Å². The van der Waals surface area contributed by atoms with Gasteiger partial charge in [-0.3, -0.25) is 4.90 Å². The Balaban J connectivity index is 2.10. The molecule has 1 aliphatic heterocycles. The van der Waals surface area contributed by atoms with E-state index in [4.69, 9.17) is 0 Å². The molecule has 0 amide bonds. The molecule has 1 rings (SSSR count). The quantitative estimate of drug-likeness (QED) is 0.486. The van der Waals surface area contributed by atoms with Gasteiger partial charge in [0.05, 0.1) is 0 Å². The normalized spacial score (nSPS) is 20.1. The van der Waals surface area contributed by atoms with Gasteiger partial charge < -0.3 is 0 Å². The van der Waals surface area contributed by atoms with Gasteiger partial charge in [-0.1, -0.05) is 19.1 Å². The molecule has 0 aromatic carbocycles. The molecule has 0 fully saturated rings. The van der Waals surface area contributed by atoms with Crippen molar-refractivity contribution >= 4 is 0 Å². The highest BCUT2D eigenvalue weighted by Crippen LogP contribution is 2.02. The molecule has 0 aliphatic carbocycles. The molecule has 0 N–H and O–H groups in total. The molecule has 8 heavy (non-hydrogen) atoms. The second-order valence-electron chi connectivity index (χ2n) is 2.02. The zero-order valence-electron chi connectivity index (χ0n) is 5.30. The minimum absolute atomic E-state index is 1.12. The first-order valence-corrected chi connectivity index (χ1v) is 3.16. The molecule has 1 nitrogen and oxygen atoms in total. The fourth-order valence-corrected chi connectivity index (χ4v) is 0.902. The van der Waals surface area contributed by atoms with E-state index in [1.54, 1.807) is 0 Å². The van der Waals surface area contributed by atoms with Crippen LogP contribution in [0, 0.1) is 6.54 Å². The Bertz CT molecular complexity index is 78.4. The fraction of sp³-hybridized carbons (Fsp3) is 0.571. The molecule has 0 aromatic rings. The van der Waals surface area contributed by atoms with Crippen LogP contribution in [0.2, 0.25) is 0 Å². The summed E-state index contributed by atoms with van der Waals surface area (Å²) in [5.41, 5.74) is 0. The third-order valence-electron chi connectivity index (χ3n) is 1.29. The molecule has 0 atom stereocenters. The van der Waals surface area contributed by atoms with Crippen molar-refractivity contribution in [2.24, 2.45) is 0 Å². The van der Waals surface area contributed by atoms with Gasteiger partial charge in [-0.15, -0.1) is 0 Å². The Labute approximate surface area is 51.0 Å². The van der Waals surface area contributed by atoms with Gasteiger partial charge in [0.15, 0.2) is 0 Å². The van der Waals surface area contributed by atoms with Gasteiger partial charge in [-0.05, 0) is 6.42 Å². The standard InChI is InChI=1S/C7H12N/c1-2-5-8-6-3-4-7-8/h3-5H,2,6-7H2,1H3. The first kappa shape index (κ1) is 5.83. The van der Waals surface area contributed by atoms with Gasteiger partial charge >= 0.3 is 0 Å². The van der Waals surface area contributed by atoms with Crippen LogP contribution in [-0.4, -0.2) is 18.0 Å². The lowest BCUT2D eigenvalue weighted by atomic mass is 10.4. The van der Waals surface area contributed by atoms with E-state index in [2.05, 4.69) is 30.5 Å². The Morgan fingerprint density at radius 2 is 2.12 bits per heavy atom. The van der Waals surface area contributed by atoms with Crippen molar-refractivity contribution in [1.82, 2.24) is 4.90 Å². The number of hydrogen-bond acceptors (Lipinski definition) is 1. The molecular weight excluding hydrogens is 98.1 g/mol. The van der Waals surface area contributed by atoms with E-state index in [0.29, 0.717) is 0 Å².